The number of hydrogen-bond acceptors (Lipinski definition) is 2. The van der Waals surface area contributed by atoms with E-state index in [9.17, 15) is 0 Å². The summed E-state index contributed by atoms with van der Waals surface area (Å²) in [5.41, 5.74) is 1.27. The summed E-state index contributed by atoms with van der Waals surface area (Å²) in [5, 5.41) is 4.20. The van der Waals surface area contributed by atoms with Crippen LogP contribution in [0.15, 0.2) is 56.7 Å². The van der Waals surface area contributed by atoms with Gasteiger partial charge in [-0.1, -0.05) is 65.3 Å². The van der Waals surface area contributed by atoms with Crippen molar-refractivity contribution in [3.8, 4) is 0 Å². The first-order valence-electron chi connectivity index (χ1n) is 6.50. The smallest absolute Gasteiger partial charge is 0.0417 e. The van der Waals surface area contributed by atoms with Gasteiger partial charge >= 0.3 is 0 Å². The third kappa shape index (κ3) is 4.81. The molecule has 1 nitrogen and oxygen atoms in total. The first-order chi connectivity index (χ1) is 9.54. The van der Waals surface area contributed by atoms with Gasteiger partial charge in [0.05, 0.1) is 0 Å². The lowest BCUT2D eigenvalue weighted by Gasteiger charge is -2.11. The normalized spacial score (nSPS) is 11.1. The van der Waals surface area contributed by atoms with Crippen LogP contribution in [0.1, 0.15) is 19.4 Å². The van der Waals surface area contributed by atoms with E-state index in [2.05, 4.69) is 59.4 Å². The van der Waals surface area contributed by atoms with Gasteiger partial charge in [-0.05, 0) is 35.9 Å². The number of rotatable bonds is 5. The number of hydrogen-bond donors (Lipinski definition) is 1. The molecule has 2 aromatic rings. The largest absolute Gasteiger partial charge is 0.310 e. The second-order valence-corrected chi connectivity index (χ2v) is 7.29. The van der Waals surface area contributed by atoms with E-state index in [-0.39, 0.29) is 0 Å². The van der Waals surface area contributed by atoms with Crippen molar-refractivity contribution >= 4 is 39.3 Å². The maximum atomic E-state index is 6.01. The molecule has 0 aliphatic rings. The van der Waals surface area contributed by atoms with Crippen LogP contribution in [0.3, 0.4) is 0 Å². The minimum absolute atomic E-state index is 0.488. The Morgan fingerprint density at radius 1 is 1.15 bits per heavy atom. The Morgan fingerprint density at radius 3 is 2.55 bits per heavy atom. The van der Waals surface area contributed by atoms with Crippen molar-refractivity contribution in [2.75, 3.05) is 0 Å². The van der Waals surface area contributed by atoms with Crippen LogP contribution in [0.4, 0.5) is 0 Å². The fraction of sp³-hybridized carbons (Fsp3) is 0.250. The molecule has 2 rings (SSSR count). The van der Waals surface area contributed by atoms with Gasteiger partial charge in [0.15, 0.2) is 0 Å². The van der Waals surface area contributed by atoms with Crippen molar-refractivity contribution in [2.24, 2.45) is 0 Å². The molecule has 1 N–H and O–H groups in total. The Morgan fingerprint density at radius 2 is 1.90 bits per heavy atom. The van der Waals surface area contributed by atoms with E-state index in [1.165, 1.54) is 10.5 Å². The summed E-state index contributed by atoms with van der Waals surface area (Å²) in [6.45, 7) is 5.18. The predicted octanol–water partition coefficient (Wildman–Crippen LogP) is 5.75. The lowest BCUT2D eigenvalue weighted by Crippen LogP contribution is -2.21. The molecule has 0 aliphatic carbocycles. The molecule has 0 atom stereocenters. The van der Waals surface area contributed by atoms with Gasteiger partial charge in [-0.2, -0.15) is 0 Å². The van der Waals surface area contributed by atoms with E-state index < -0.39 is 0 Å². The van der Waals surface area contributed by atoms with Crippen LogP contribution in [0.25, 0.3) is 0 Å². The van der Waals surface area contributed by atoms with Crippen LogP contribution in [0.5, 0.6) is 0 Å². The average molecular weight is 371 g/mol. The van der Waals surface area contributed by atoms with E-state index >= 15 is 0 Å². The zero-order chi connectivity index (χ0) is 14.5. The predicted molar refractivity (Wildman–Crippen MR) is 91.7 cm³/mol. The maximum absolute atomic E-state index is 6.01. The molecule has 0 spiro atoms. The molecule has 4 heteroatoms. The van der Waals surface area contributed by atoms with Crippen molar-refractivity contribution in [3.05, 3.63) is 57.5 Å². The number of halogens is 2. The molecule has 20 heavy (non-hydrogen) atoms. The van der Waals surface area contributed by atoms with E-state index in [4.69, 9.17) is 11.6 Å². The van der Waals surface area contributed by atoms with Gasteiger partial charge in [0, 0.05) is 31.9 Å². The lowest BCUT2D eigenvalue weighted by atomic mass is 10.2. The summed E-state index contributed by atoms with van der Waals surface area (Å²) in [6.07, 6.45) is 0. The highest BCUT2D eigenvalue weighted by molar-refractivity contribution is 9.10. The summed E-state index contributed by atoms with van der Waals surface area (Å²) >= 11 is 11.4. The molecule has 0 saturated heterocycles. The summed E-state index contributed by atoms with van der Waals surface area (Å²) in [7, 11) is 0. The van der Waals surface area contributed by atoms with Crippen molar-refractivity contribution in [1.29, 1.82) is 0 Å². The summed E-state index contributed by atoms with van der Waals surface area (Å²) in [6, 6.07) is 14.9. The second kappa shape index (κ2) is 7.51. The molecule has 0 fully saturated rings. The van der Waals surface area contributed by atoms with E-state index in [1.807, 2.05) is 18.2 Å². The Hall–Kier alpha value is -0.480. The van der Waals surface area contributed by atoms with E-state index in [0.717, 1.165) is 20.9 Å². The van der Waals surface area contributed by atoms with Crippen molar-refractivity contribution < 1.29 is 0 Å². The van der Waals surface area contributed by atoms with Gasteiger partial charge < -0.3 is 5.32 Å². The fourth-order valence-electron chi connectivity index (χ4n) is 1.72. The molecular weight excluding hydrogens is 354 g/mol. The average Bonchev–Trinajstić information content (AvgIpc) is 2.37. The van der Waals surface area contributed by atoms with E-state index in [0.29, 0.717) is 6.04 Å². The van der Waals surface area contributed by atoms with Gasteiger partial charge in [0.1, 0.15) is 0 Å². The molecule has 0 radical (unpaired) electrons. The quantitative estimate of drug-likeness (QED) is 0.719. The molecule has 0 saturated carbocycles. The molecular formula is C16H17BrClNS. The standard InChI is InChI=1S/C16H17BrClNS/c1-11(2)19-10-12-6-7-15(9-16(12)17)20-14-5-3-4-13(18)8-14/h3-9,11,19H,10H2,1-2H3. The summed E-state index contributed by atoms with van der Waals surface area (Å²) in [5.74, 6) is 0. The van der Waals surface area contributed by atoms with Crippen LogP contribution >= 0.6 is 39.3 Å². The molecule has 0 aliphatic heterocycles. The second-order valence-electron chi connectivity index (χ2n) is 4.85. The fourth-order valence-corrected chi connectivity index (χ4v) is 3.56. The van der Waals surface area contributed by atoms with Crippen LogP contribution in [-0.2, 0) is 6.54 Å². The SMILES string of the molecule is CC(C)NCc1ccc(Sc2cccc(Cl)c2)cc1Br. The van der Waals surface area contributed by atoms with Gasteiger partial charge in [-0.25, -0.2) is 0 Å². The topological polar surface area (TPSA) is 12.0 Å². The first kappa shape index (κ1) is 15.9. The zero-order valence-electron chi connectivity index (χ0n) is 11.5. The minimum Gasteiger partial charge on any atom is -0.310 e. The summed E-state index contributed by atoms with van der Waals surface area (Å²) in [4.78, 5) is 2.35. The Balaban J connectivity index is 2.09. The maximum Gasteiger partial charge on any atom is 0.0417 e. The highest BCUT2D eigenvalue weighted by Gasteiger charge is 2.04. The zero-order valence-corrected chi connectivity index (χ0v) is 14.6. The van der Waals surface area contributed by atoms with Crippen molar-refractivity contribution in [2.45, 2.75) is 36.2 Å². The molecule has 0 unspecified atom stereocenters. The minimum atomic E-state index is 0.488. The van der Waals surface area contributed by atoms with Crippen molar-refractivity contribution in [3.63, 3.8) is 0 Å². The van der Waals surface area contributed by atoms with Crippen LogP contribution in [-0.4, -0.2) is 6.04 Å². The third-order valence-electron chi connectivity index (χ3n) is 2.76. The van der Waals surface area contributed by atoms with E-state index in [1.54, 1.807) is 11.8 Å². The highest BCUT2D eigenvalue weighted by Crippen LogP contribution is 2.32. The number of benzene rings is 2. The van der Waals surface area contributed by atoms with Crippen molar-refractivity contribution in [1.82, 2.24) is 5.32 Å². The Bertz CT molecular complexity index is 586. The highest BCUT2D eigenvalue weighted by atomic mass is 79.9. The van der Waals surface area contributed by atoms with Crippen LogP contribution in [0, 0.1) is 0 Å². The molecule has 0 bridgehead atoms. The molecule has 106 valence electrons. The van der Waals surface area contributed by atoms with Gasteiger partial charge in [0.25, 0.3) is 0 Å². The third-order valence-corrected chi connectivity index (χ3v) is 4.71. The van der Waals surface area contributed by atoms with Gasteiger partial charge in [-0.3, -0.25) is 0 Å². The van der Waals surface area contributed by atoms with Crippen LogP contribution < -0.4 is 5.32 Å². The molecule has 0 aromatic heterocycles. The van der Waals surface area contributed by atoms with Gasteiger partial charge in [-0.15, -0.1) is 0 Å². The number of nitrogens with one attached hydrogen (secondary N) is 1. The Kier molecular flexibility index (Phi) is 5.97. The first-order valence-corrected chi connectivity index (χ1v) is 8.48. The molecule has 0 heterocycles. The van der Waals surface area contributed by atoms with Gasteiger partial charge in [0.2, 0.25) is 0 Å². The molecule has 2 aromatic carbocycles. The Labute approximate surface area is 138 Å². The van der Waals surface area contributed by atoms with Crippen LogP contribution in [0.2, 0.25) is 5.02 Å². The monoisotopic (exact) mass is 369 g/mol. The molecule has 0 amide bonds. The lowest BCUT2D eigenvalue weighted by molar-refractivity contribution is 0.587. The summed E-state index contributed by atoms with van der Waals surface area (Å²) < 4.78 is 1.14.